The second-order valence-corrected chi connectivity index (χ2v) is 5.87. The number of hydrogen-bond donors (Lipinski definition) is 2. The Balaban J connectivity index is 2.46. The number of carbonyl (C=O) groups is 1. The van der Waals surface area contributed by atoms with Gasteiger partial charge in [-0.3, -0.25) is 9.69 Å². The van der Waals surface area contributed by atoms with Crippen molar-refractivity contribution in [2.24, 2.45) is 5.92 Å². The van der Waals surface area contributed by atoms with Crippen molar-refractivity contribution < 1.29 is 9.90 Å². The predicted octanol–water partition coefficient (Wildman–Crippen LogP) is 1.38. The zero-order valence-electron chi connectivity index (χ0n) is 12.1. The first-order chi connectivity index (χ1) is 8.41. The first-order valence-corrected chi connectivity index (χ1v) is 7.13. The first-order valence-electron chi connectivity index (χ1n) is 7.13. The van der Waals surface area contributed by atoms with Crippen LogP contribution in [0.5, 0.6) is 0 Å². The van der Waals surface area contributed by atoms with E-state index in [-0.39, 0.29) is 24.1 Å². The Morgan fingerprint density at radius 1 is 1.33 bits per heavy atom. The summed E-state index contributed by atoms with van der Waals surface area (Å²) in [6, 6.07) is 0.339. The van der Waals surface area contributed by atoms with Gasteiger partial charge >= 0.3 is 0 Å². The number of aliphatic hydroxyl groups is 1. The van der Waals surface area contributed by atoms with Crippen LogP contribution in [-0.2, 0) is 4.79 Å². The van der Waals surface area contributed by atoms with E-state index in [4.69, 9.17) is 0 Å². The molecule has 1 aliphatic heterocycles. The molecule has 1 amide bonds. The fourth-order valence-corrected chi connectivity index (χ4v) is 2.41. The molecule has 0 aromatic heterocycles. The van der Waals surface area contributed by atoms with Crippen LogP contribution in [0.2, 0.25) is 0 Å². The average Bonchev–Trinajstić information content (AvgIpc) is 2.28. The van der Waals surface area contributed by atoms with Gasteiger partial charge in [-0.2, -0.15) is 0 Å². The largest absolute Gasteiger partial charge is 0.392 e. The molecule has 1 fully saturated rings. The number of likely N-dealkylation sites (tertiary alicyclic amines) is 1. The quantitative estimate of drug-likeness (QED) is 0.781. The molecular formula is C14H28N2O2. The van der Waals surface area contributed by atoms with Crippen LogP contribution < -0.4 is 5.32 Å². The third-order valence-electron chi connectivity index (χ3n) is 3.96. The highest BCUT2D eigenvalue weighted by molar-refractivity contribution is 5.78. The summed E-state index contributed by atoms with van der Waals surface area (Å²) in [7, 11) is 0. The van der Waals surface area contributed by atoms with E-state index in [0.717, 1.165) is 25.8 Å². The van der Waals surface area contributed by atoms with Crippen LogP contribution in [0.3, 0.4) is 0 Å². The van der Waals surface area contributed by atoms with Crippen molar-refractivity contribution in [3.63, 3.8) is 0 Å². The summed E-state index contributed by atoms with van der Waals surface area (Å²) in [5.74, 6) is 0.520. The van der Waals surface area contributed by atoms with E-state index in [1.807, 2.05) is 13.8 Å². The monoisotopic (exact) mass is 256 g/mol. The van der Waals surface area contributed by atoms with E-state index < -0.39 is 0 Å². The number of piperidine rings is 1. The van der Waals surface area contributed by atoms with E-state index in [1.165, 1.54) is 0 Å². The van der Waals surface area contributed by atoms with Crippen molar-refractivity contribution in [3.05, 3.63) is 0 Å². The molecule has 18 heavy (non-hydrogen) atoms. The van der Waals surface area contributed by atoms with Gasteiger partial charge in [0.15, 0.2) is 0 Å². The predicted molar refractivity (Wildman–Crippen MR) is 73.3 cm³/mol. The van der Waals surface area contributed by atoms with Crippen molar-refractivity contribution in [3.8, 4) is 0 Å². The van der Waals surface area contributed by atoms with Gasteiger partial charge in [0.1, 0.15) is 0 Å². The summed E-state index contributed by atoms with van der Waals surface area (Å²) in [6.07, 6.45) is 2.90. The van der Waals surface area contributed by atoms with Gasteiger partial charge in [-0.25, -0.2) is 0 Å². The fourth-order valence-electron chi connectivity index (χ4n) is 2.41. The molecule has 1 heterocycles. The zero-order chi connectivity index (χ0) is 13.7. The summed E-state index contributed by atoms with van der Waals surface area (Å²) in [6.45, 7) is 9.38. The molecule has 4 nitrogen and oxygen atoms in total. The van der Waals surface area contributed by atoms with Gasteiger partial charge in [-0.15, -0.1) is 0 Å². The summed E-state index contributed by atoms with van der Waals surface area (Å²) < 4.78 is 0. The van der Waals surface area contributed by atoms with E-state index in [0.29, 0.717) is 12.5 Å². The maximum absolute atomic E-state index is 12.0. The lowest BCUT2D eigenvalue weighted by Crippen LogP contribution is -2.51. The molecule has 3 unspecified atom stereocenters. The highest BCUT2D eigenvalue weighted by Gasteiger charge is 2.27. The molecular weight excluding hydrogens is 228 g/mol. The van der Waals surface area contributed by atoms with Crippen molar-refractivity contribution in [1.82, 2.24) is 10.2 Å². The van der Waals surface area contributed by atoms with Crippen molar-refractivity contribution in [1.29, 1.82) is 0 Å². The maximum Gasteiger partial charge on any atom is 0.234 e. The number of carbonyl (C=O) groups excluding carboxylic acids is 1. The molecule has 1 saturated heterocycles. The minimum Gasteiger partial charge on any atom is -0.392 e. The van der Waals surface area contributed by atoms with Crippen LogP contribution in [0, 0.1) is 5.92 Å². The van der Waals surface area contributed by atoms with E-state index in [1.54, 1.807) is 0 Å². The average molecular weight is 256 g/mol. The number of nitrogens with one attached hydrogen (secondary N) is 1. The number of hydrogen-bond acceptors (Lipinski definition) is 3. The van der Waals surface area contributed by atoms with Gasteiger partial charge in [0.05, 0.1) is 12.6 Å². The van der Waals surface area contributed by atoms with Crippen LogP contribution in [0.1, 0.15) is 47.0 Å². The smallest absolute Gasteiger partial charge is 0.234 e. The zero-order valence-corrected chi connectivity index (χ0v) is 12.1. The molecule has 2 N–H and O–H groups in total. The molecule has 3 atom stereocenters. The van der Waals surface area contributed by atoms with Gasteiger partial charge in [0.2, 0.25) is 5.91 Å². The van der Waals surface area contributed by atoms with E-state index in [2.05, 4.69) is 24.1 Å². The summed E-state index contributed by atoms with van der Waals surface area (Å²) in [4.78, 5) is 14.1. The lowest BCUT2D eigenvalue weighted by molar-refractivity contribution is -0.124. The third-order valence-corrected chi connectivity index (χ3v) is 3.96. The van der Waals surface area contributed by atoms with Crippen molar-refractivity contribution in [2.45, 2.75) is 65.1 Å². The molecule has 0 aromatic carbocycles. The minimum atomic E-state index is -0.361. The topological polar surface area (TPSA) is 52.6 Å². The summed E-state index contributed by atoms with van der Waals surface area (Å²) in [5.41, 5.74) is 0. The van der Waals surface area contributed by atoms with Crippen LogP contribution in [0.4, 0.5) is 0 Å². The molecule has 0 aliphatic carbocycles. The molecule has 0 saturated carbocycles. The Morgan fingerprint density at radius 2 is 2.00 bits per heavy atom. The lowest BCUT2D eigenvalue weighted by Gasteiger charge is -2.37. The number of rotatable bonds is 5. The van der Waals surface area contributed by atoms with Crippen LogP contribution in [0.15, 0.2) is 0 Å². The van der Waals surface area contributed by atoms with Gasteiger partial charge in [0, 0.05) is 12.1 Å². The Labute approximate surface area is 111 Å². The molecule has 0 bridgehead atoms. The SMILES string of the molecule is CC(C)C(C)NC(=O)CN1CCCCC1C(C)O. The molecule has 4 heteroatoms. The highest BCUT2D eigenvalue weighted by Crippen LogP contribution is 2.19. The van der Waals surface area contributed by atoms with Crippen molar-refractivity contribution in [2.75, 3.05) is 13.1 Å². The Kier molecular flexibility index (Phi) is 6.09. The number of amides is 1. The van der Waals surface area contributed by atoms with E-state index >= 15 is 0 Å². The molecule has 106 valence electrons. The third kappa shape index (κ3) is 4.58. The van der Waals surface area contributed by atoms with Gasteiger partial charge < -0.3 is 10.4 Å². The second-order valence-electron chi connectivity index (χ2n) is 5.87. The molecule has 0 spiro atoms. The number of aliphatic hydroxyl groups excluding tert-OH is 1. The Morgan fingerprint density at radius 3 is 2.56 bits per heavy atom. The first kappa shape index (κ1) is 15.4. The minimum absolute atomic E-state index is 0.0729. The Hall–Kier alpha value is -0.610. The van der Waals surface area contributed by atoms with Gasteiger partial charge in [0.25, 0.3) is 0 Å². The molecule has 0 aromatic rings. The fraction of sp³-hybridized carbons (Fsp3) is 0.929. The highest BCUT2D eigenvalue weighted by atomic mass is 16.3. The van der Waals surface area contributed by atoms with Crippen LogP contribution in [0.25, 0.3) is 0 Å². The lowest BCUT2D eigenvalue weighted by atomic mass is 9.98. The van der Waals surface area contributed by atoms with Gasteiger partial charge in [-0.1, -0.05) is 20.3 Å². The van der Waals surface area contributed by atoms with Crippen molar-refractivity contribution >= 4 is 5.91 Å². The van der Waals surface area contributed by atoms with Crippen LogP contribution in [-0.4, -0.2) is 47.2 Å². The van der Waals surface area contributed by atoms with Gasteiger partial charge in [-0.05, 0) is 39.2 Å². The normalized spacial score (nSPS) is 24.9. The molecule has 1 rings (SSSR count). The summed E-state index contributed by atoms with van der Waals surface area (Å²) >= 11 is 0. The standard InChI is InChI=1S/C14H28N2O2/c1-10(2)11(3)15-14(18)9-16-8-6-5-7-13(16)12(4)17/h10-13,17H,5-9H2,1-4H3,(H,15,18). The Bertz CT molecular complexity index is 267. The summed E-state index contributed by atoms with van der Waals surface area (Å²) in [5, 5.41) is 12.8. The molecule has 1 aliphatic rings. The molecule has 0 radical (unpaired) electrons. The van der Waals surface area contributed by atoms with Crippen LogP contribution >= 0.6 is 0 Å². The second kappa shape index (κ2) is 7.10. The maximum atomic E-state index is 12.0. The van der Waals surface area contributed by atoms with E-state index in [9.17, 15) is 9.90 Å². The number of nitrogens with zero attached hydrogens (tertiary/aromatic N) is 1.